The van der Waals surface area contributed by atoms with Crippen LogP contribution in [-0.4, -0.2) is 38.4 Å². The smallest absolute Gasteiger partial charge is 0.327 e. The highest BCUT2D eigenvalue weighted by molar-refractivity contribution is 7.08. The van der Waals surface area contributed by atoms with Crippen LogP contribution in [-0.2, 0) is 22.5 Å². The summed E-state index contributed by atoms with van der Waals surface area (Å²) >= 11 is 1.06. The number of esters is 1. The normalized spacial score (nSPS) is 10.4. The Morgan fingerprint density at radius 1 is 1.48 bits per heavy atom. The molecule has 0 aliphatic heterocycles. The summed E-state index contributed by atoms with van der Waals surface area (Å²) in [4.78, 5) is 23.8. The van der Waals surface area contributed by atoms with Crippen LogP contribution in [0.15, 0.2) is 12.4 Å². The van der Waals surface area contributed by atoms with Gasteiger partial charge in [-0.2, -0.15) is 5.10 Å². The lowest BCUT2D eigenvalue weighted by atomic mass is 10.2. The molecule has 112 valence electrons. The van der Waals surface area contributed by atoms with E-state index < -0.39 is 5.97 Å². The maximum atomic E-state index is 12.1. The number of nitrogens with zero attached hydrogens (tertiary/aromatic N) is 4. The van der Waals surface area contributed by atoms with Crippen LogP contribution in [0.1, 0.15) is 28.7 Å². The van der Waals surface area contributed by atoms with Gasteiger partial charge < -0.3 is 10.1 Å². The van der Waals surface area contributed by atoms with Crippen LogP contribution in [0.2, 0.25) is 0 Å². The zero-order valence-electron chi connectivity index (χ0n) is 11.7. The van der Waals surface area contributed by atoms with Crippen LogP contribution in [0.3, 0.4) is 0 Å². The summed E-state index contributed by atoms with van der Waals surface area (Å²) in [5, 5.41) is 10.6. The number of ether oxygens (including phenoxy) is 1. The molecule has 2 aromatic rings. The standard InChI is InChI=1S/C12H15N5O3S/c1-3-4-9-11(21-16-15-9)12(19)14-8-5-13-17(6-8)7-10(18)20-2/h5-6H,3-4,7H2,1-2H3,(H,14,19). The number of nitrogens with one attached hydrogen (secondary N) is 1. The number of aromatic nitrogens is 4. The lowest BCUT2D eigenvalue weighted by Gasteiger charge is -2.01. The fourth-order valence-electron chi connectivity index (χ4n) is 1.68. The van der Waals surface area contributed by atoms with Crippen molar-refractivity contribution < 1.29 is 14.3 Å². The van der Waals surface area contributed by atoms with E-state index in [4.69, 9.17) is 0 Å². The third-order valence-electron chi connectivity index (χ3n) is 2.66. The molecule has 2 aromatic heterocycles. The second kappa shape index (κ2) is 6.93. The molecule has 0 aromatic carbocycles. The molecule has 0 radical (unpaired) electrons. The highest BCUT2D eigenvalue weighted by atomic mass is 32.1. The van der Waals surface area contributed by atoms with E-state index in [-0.39, 0.29) is 12.5 Å². The molecule has 0 bridgehead atoms. The maximum Gasteiger partial charge on any atom is 0.327 e. The zero-order chi connectivity index (χ0) is 15.2. The van der Waals surface area contributed by atoms with Crippen molar-refractivity contribution in [1.29, 1.82) is 0 Å². The van der Waals surface area contributed by atoms with Gasteiger partial charge in [0.05, 0.1) is 24.7 Å². The van der Waals surface area contributed by atoms with Gasteiger partial charge in [-0.05, 0) is 18.0 Å². The monoisotopic (exact) mass is 309 g/mol. The van der Waals surface area contributed by atoms with Gasteiger partial charge in [0.1, 0.15) is 11.4 Å². The number of hydrogen-bond acceptors (Lipinski definition) is 7. The van der Waals surface area contributed by atoms with Crippen molar-refractivity contribution in [2.75, 3.05) is 12.4 Å². The van der Waals surface area contributed by atoms with Crippen LogP contribution < -0.4 is 5.32 Å². The lowest BCUT2D eigenvalue weighted by Crippen LogP contribution is -2.13. The van der Waals surface area contributed by atoms with Crippen molar-refractivity contribution in [3.05, 3.63) is 23.0 Å². The number of carbonyl (C=O) groups is 2. The van der Waals surface area contributed by atoms with Crippen molar-refractivity contribution in [2.45, 2.75) is 26.3 Å². The minimum atomic E-state index is -0.409. The first-order chi connectivity index (χ1) is 10.1. The minimum Gasteiger partial charge on any atom is -0.468 e. The molecule has 0 unspecified atom stereocenters. The van der Waals surface area contributed by atoms with Gasteiger partial charge in [0, 0.05) is 6.20 Å². The summed E-state index contributed by atoms with van der Waals surface area (Å²) in [5.41, 5.74) is 1.20. The molecule has 0 atom stereocenters. The van der Waals surface area contributed by atoms with Crippen LogP contribution in [0.25, 0.3) is 0 Å². The predicted molar refractivity (Wildman–Crippen MR) is 76.1 cm³/mol. The molecule has 1 N–H and O–H groups in total. The SMILES string of the molecule is CCCc1nnsc1C(=O)Nc1cnn(CC(=O)OC)c1. The van der Waals surface area contributed by atoms with Crippen LogP contribution in [0, 0.1) is 0 Å². The Morgan fingerprint density at radius 3 is 3.00 bits per heavy atom. The summed E-state index contributed by atoms with van der Waals surface area (Å²) in [6, 6.07) is 0. The number of anilines is 1. The molecular weight excluding hydrogens is 294 g/mol. The van der Waals surface area contributed by atoms with Gasteiger partial charge in [-0.1, -0.05) is 17.8 Å². The molecule has 0 saturated heterocycles. The second-order valence-corrected chi connectivity index (χ2v) is 5.01. The third kappa shape index (κ3) is 3.85. The Hall–Kier alpha value is -2.29. The van der Waals surface area contributed by atoms with E-state index in [1.54, 1.807) is 6.20 Å². The van der Waals surface area contributed by atoms with Crippen molar-refractivity contribution in [2.24, 2.45) is 0 Å². The fourth-order valence-corrected chi connectivity index (χ4v) is 2.28. The van der Waals surface area contributed by atoms with Crippen molar-refractivity contribution in [1.82, 2.24) is 19.4 Å². The summed E-state index contributed by atoms with van der Waals surface area (Å²) in [7, 11) is 1.31. The van der Waals surface area contributed by atoms with E-state index in [0.29, 0.717) is 22.7 Å². The molecule has 2 heterocycles. The molecule has 1 amide bonds. The summed E-state index contributed by atoms with van der Waals surface area (Å²) in [5.74, 6) is -0.682. The molecule has 21 heavy (non-hydrogen) atoms. The first-order valence-corrected chi connectivity index (χ1v) is 7.13. The first-order valence-electron chi connectivity index (χ1n) is 6.36. The Morgan fingerprint density at radius 2 is 2.29 bits per heavy atom. The van der Waals surface area contributed by atoms with Crippen LogP contribution in [0.4, 0.5) is 5.69 Å². The molecule has 2 rings (SSSR count). The van der Waals surface area contributed by atoms with Crippen molar-refractivity contribution in [3.63, 3.8) is 0 Å². The Labute approximate surface area is 125 Å². The van der Waals surface area contributed by atoms with Gasteiger partial charge in [-0.15, -0.1) is 5.10 Å². The van der Waals surface area contributed by atoms with E-state index in [2.05, 4.69) is 24.7 Å². The quantitative estimate of drug-likeness (QED) is 0.803. The number of amides is 1. The number of rotatable bonds is 6. The maximum absolute atomic E-state index is 12.1. The van der Waals surface area contributed by atoms with E-state index in [9.17, 15) is 9.59 Å². The van der Waals surface area contributed by atoms with Crippen molar-refractivity contribution >= 4 is 29.1 Å². The Bertz CT molecular complexity index is 636. The predicted octanol–water partition coefficient (Wildman–Crippen LogP) is 1.11. The topological polar surface area (TPSA) is 99.0 Å². The summed E-state index contributed by atoms with van der Waals surface area (Å²) in [6.45, 7) is 2.01. The minimum absolute atomic E-state index is 0.00440. The zero-order valence-corrected chi connectivity index (χ0v) is 12.5. The summed E-state index contributed by atoms with van der Waals surface area (Å²) in [6.07, 6.45) is 4.63. The molecule has 0 aliphatic rings. The molecule has 9 heteroatoms. The molecular formula is C12H15N5O3S. The van der Waals surface area contributed by atoms with E-state index in [1.807, 2.05) is 6.92 Å². The number of carbonyl (C=O) groups excluding carboxylic acids is 2. The van der Waals surface area contributed by atoms with Gasteiger partial charge in [0.25, 0.3) is 5.91 Å². The Balaban J connectivity index is 2.02. The summed E-state index contributed by atoms with van der Waals surface area (Å²) < 4.78 is 9.74. The Kier molecular flexibility index (Phi) is 4.99. The van der Waals surface area contributed by atoms with E-state index >= 15 is 0 Å². The molecule has 8 nitrogen and oxygen atoms in total. The lowest BCUT2D eigenvalue weighted by molar-refractivity contribution is -0.141. The molecule has 0 spiro atoms. The van der Waals surface area contributed by atoms with E-state index in [1.165, 1.54) is 18.0 Å². The number of aryl methyl sites for hydroxylation is 1. The highest BCUT2D eigenvalue weighted by Gasteiger charge is 2.16. The first kappa shape index (κ1) is 15.1. The fraction of sp³-hybridized carbons (Fsp3) is 0.417. The largest absolute Gasteiger partial charge is 0.468 e. The highest BCUT2D eigenvalue weighted by Crippen LogP contribution is 2.15. The van der Waals surface area contributed by atoms with Gasteiger partial charge in [0.15, 0.2) is 0 Å². The van der Waals surface area contributed by atoms with E-state index in [0.717, 1.165) is 18.0 Å². The second-order valence-electron chi connectivity index (χ2n) is 4.26. The number of hydrogen-bond donors (Lipinski definition) is 1. The van der Waals surface area contributed by atoms with Gasteiger partial charge in [-0.3, -0.25) is 14.3 Å². The average Bonchev–Trinajstić information content (AvgIpc) is 3.08. The van der Waals surface area contributed by atoms with Gasteiger partial charge in [-0.25, -0.2) is 0 Å². The van der Waals surface area contributed by atoms with Crippen molar-refractivity contribution in [3.8, 4) is 0 Å². The van der Waals surface area contributed by atoms with Crippen LogP contribution in [0.5, 0.6) is 0 Å². The number of methoxy groups -OCH3 is 1. The van der Waals surface area contributed by atoms with Gasteiger partial charge in [0.2, 0.25) is 0 Å². The van der Waals surface area contributed by atoms with Gasteiger partial charge >= 0.3 is 5.97 Å². The molecule has 0 aliphatic carbocycles. The van der Waals surface area contributed by atoms with Crippen LogP contribution >= 0.6 is 11.5 Å². The molecule has 0 saturated carbocycles. The molecule has 0 fully saturated rings. The third-order valence-corrected chi connectivity index (χ3v) is 3.43. The average molecular weight is 309 g/mol.